The Morgan fingerprint density at radius 3 is 2.77 bits per heavy atom. The van der Waals surface area contributed by atoms with Crippen molar-refractivity contribution < 1.29 is 4.74 Å². The summed E-state index contributed by atoms with van der Waals surface area (Å²) in [6.45, 7) is 3.84. The van der Waals surface area contributed by atoms with Crippen LogP contribution in [0.5, 0.6) is 0 Å². The van der Waals surface area contributed by atoms with E-state index in [-0.39, 0.29) is 18.5 Å². The SMILES string of the molecule is Cl.Cn1cnnc1CSc1nnc(C2CCNCC2)n1CC1CCCO1. The highest BCUT2D eigenvalue weighted by Crippen LogP contribution is 2.30. The van der Waals surface area contributed by atoms with Gasteiger partial charge in [0, 0.05) is 19.6 Å². The fourth-order valence-corrected chi connectivity index (χ4v) is 4.46. The number of thioether (sulfide) groups is 1. The van der Waals surface area contributed by atoms with Crippen LogP contribution in [0.2, 0.25) is 0 Å². The second kappa shape index (κ2) is 9.16. The third kappa shape index (κ3) is 4.39. The van der Waals surface area contributed by atoms with Crippen molar-refractivity contribution in [2.75, 3.05) is 19.7 Å². The van der Waals surface area contributed by atoms with Crippen LogP contribution in [0.15, 0.2) is 11.5 Å². The topological polar surface area (TPSA) is 82.7 Å². The summed E-state index contributed by atoms with van der Waals surface area (Å²) in [6.07, 6.45) is 6.53. The van der Waals surface area contributed by atoms with Crippen LogP contribution in [0.3, 0.4) is 0 Å². The number of ether oxygens (including phenoxy) is 1. The number of nitrogens with zero attached hydrogens (tertiary/aromatic N) is 6. The van der Waals surface area contributed by atoms with E-state index >= 15 is 0 Å². The van der Waals surface area contributed by atoms with E-state index in [1.807, 2.05) is 11.6 Å². The molecular weight excluding hydrogens is 374 g/mol. The van der Waals surface area contributed by atoms with Crippen LogP contribution in [-0.4, -0.2) is 55.3 Å². The number of piperidine rings is 1. The number of halogens is 1. The first-order valence-corrected chi connectivity index (χ1v) is 10.0. The van der Waals surface area contributed by atoms with Gasteiger partial charge < -0.3 is 19.2 Å². The molecule has 0 radical (unpaired) electrons. The van der Waals surface area contributed by atoms with E-state index in [9.17, 15) is 0 Å². The summed E-state index contributed by atoms with van der Waals surface area (Å²) < 4.78 is 10.1. The Kier molecular flexibility index (Phi) is 6.91. The minimum absolute atomic E-state index is 0. The fourth-order valence-electron chi connectivity index (χ4n) is 3.52. The number of aryl methyl sites for hydroxylation is 1. The maximum absolute atomic E-state index is 5.87. The van der Waals surface area contributed by atoms with Gasteiger partial charge in [-0.15, -0.1) is 32.8 Å². The summed E-state index contributed by atoms with van der Waals surface area (Å²) in [5.41, 5.74) is 0. The Labute approximate surface area is 163 Å². The van der Waals surface area contributed by atoms with Crippen LogP contribution in [0.25, 0.3) is 0 Å². The van der Waals surface area contributed by atoms with Gasteiger partial charge in [0.15, 0.2) is 5.16 Å². The predicted molar refractivity (Wildman–Crippen MR) is 102 cm³/mol. The maximum Gasteiger partial charge on any atom is 0.191 e. The van der Waals surface area contributed by atoms with Gasteiger partial charge in [0.1, 0.15) is 18.0 Å². The Hall–Kier alpha value is -1.16. The molecule has 1 unspecified atom stereocenters. The Morgan fingerprint density at radius 2 is 2.08 bits per heavy atom. The normalized spacial score (nSPS) is 21.0. The van der Waals surface area contributed by atoms with Gasteiger partial charge in [-0.3, -0.25) is 0 Å². The minimum atomic E-state index is 0. The van der Waals surface area contributed by atoms with Crippen molar-refractivity contribution in [3.8, 4) is 0 Å². The molecule has 0 amide bonds. The molecular formula is C16H26ClN7OS. The van der Waals surface area contributed by atoms with Crippen molar-refractivity contribution in [1.29, 1.82) is 0 Å². The second-order valence-corrected chi connectivity index (χ2v) is 7.70. The predicted octanol–water partition coefficient (Wildman–Crippen LogP) is 1.77. The van der Waals surface area contributed by atoms with Crippen molar-refractivity contribution in [2.24, 2.45) is 7.05 Å². The number of hydrogen-bond donors (Lipinski definition) is 1. The van der Waals surface area contributed by atoms with Crippen molar-refractivity contribution in [3.05, 3.63) is 18.0 Å². The van der Waals surface area contributed by atoms with Gasteiger partial charge >= 0.3 is 0 Å². The zero-order valence-corrected chi connectivity index (χ0v) is 16.6. The molecule has 2 fully saturated rings. The average Bonchev–Trinajstić information content (AvgIpc) is 3.37. The molecule has 2 aliphatic heterocycles. The van der Waals surface area contributed by atoms with Gasteiger partial charge in [-0.05, 0) is 38.8 Å². The Balaban J connectivity index is 0.00000196. The molecule has 1 atom stereocenters. The van der Waals surface area contributed by atoms with Gasteiger partial charge in [0.2, 0.25) is 0 Å². The molecule has 0 aromatic carbocycles. The third-order valence-corrected chi connectivity index (χ3v) is 5.96. The molecule has 4 heterocycles. The molecule has 4 rings (SSSR count). The van der Waals surface area contributed by atoms with Crippen LogP contribution in [0, 0.1) is 0 Å². The highest BCUT2D eigenvalue weighted by Gasteiger charge is 2.26. The van der Waals surface area contributed by atoms with E-state index in [0.717, 1.165) is 74.5 Å². The molecule has 10 heteroatoms. The average molecular weight is 400 g/mol. The molecule has 0 saturated carbocycles. The molecule has 26 heavy (non-hydrogen) atoms. The van der Waals surface area contributed by atoms with E-state index < -0.39 is 0 Å². The fraction of sp³-hybridized carbons (Fsp3) is 0.750. The molecule has 2 aromatic heterocycles. The van der Waals surface area contributed by atoms with Crippen molar-refractivity contribution in [1.82, 2.24) is 34.8 Å². The van der Waals surface area contributed by atoms with Crippen LogP contribution >= 0.6 is 24.2 Å². The summed E-state index contributed by atoms with van der Waals surface area (Å²) in [5, 5.41) is 21.6. The highest BCUT2D eigenvalue weighted by atomic mass is 35.5. The number of rotatable bonds is 6. The highest BCUT2D eigenvalue weighted by molar-refractivity contribution is 7.98. The molecule has 1 N–H and O–H groups in total. The Morgan fingerprint density at radius 1 is 1.23 bits per heavy atom. The van der Waals surface area contributed by atoms with Crippen LogP contribution in [-0.2, 0) is 24.1 Å². The zero-order chi connectivity index (χ0) is 17.1. The molecule has 0 spiro atoms. The van der Waals surface area contributed by atoms with Crippen LogP contribution in [0.1, 0.15) is 43.3 Å². The minimum Gasteiger partial charge on any atom is -0.376 e. The van der Waals surface area contributed by atoms with E-state index in [4.69, 9.17) is 4.74 Å². The number of nitrogens with one attached hydrogen (secondary N) is 1. The van der Waals surface area contributed by atoms with E-state index in [0.29, 0.717) is 5.92 Å². The summed E-state index contributed by atoms with van der Waals surface area (Å²) in [4.78, 5) is 0. The molecule has 8 nitrogen and oxygen atoms in total. The van der Waals surface area contributed by atoms with Crippen LogP contribution < -0.4 is 5.32 Å². The van der Waals surface area contributed by atoms with Gasteiger partial charge in [-0.25, -0.2) is 0 Å². The van der Waals surface area contributed by atoms with Gasteiger partial charge in [-0.1, -0.05) is 11.8 Å². The molecule has 2 aromatic rings. The van der Waals surface area contributed by atoms with Crippen LogP contribution in [0.4, 0.5) is 0 Å². The first-order chi connectivity index (χ1) is 12.3. The van der Waals surface area contributed by atoms with Gasteiger partial charge in [-0.2, -0.15) is 0 Å². The summed E-state index contributed by atoms with van der Waals surface area (Å²) in [5.74, 6) is 3.30. The maximum atomic E-state index is 5.87. The molecule has 0 bridgehead atoms. The van der Waals surface area contributed by atoms with Crippen molar-refractivity contribution in [3.63, 3.8) is 0 Å². The van der Waals surface area contributed by atoms with Crippen molar-refractivity contribution in [2.45, 2.75) is 55.2 Å². The van der Waals surface area contributed by atoms with Gasteiger partial charge in [0.05, 0.1) is 18.4 Å². The van der Waals surface area contributed by atoms with E-state index in [1.54, 1.807) is 18.1 Å². The lowest BCUT2D eigenvalue weighted by molar-refractivity contribution is 0.0936. The second-order valence-electron chi connectivity index (χ2n) is 6.76. The smallest absolute Gasteiger partial charge is 0.191 e. The summed E-state index contributed by atoms with van der Waals surface area (Å²) in [7, 11) is 1.97. The number of hydrogen-bond acceptors (Lipinski definition) is 7. The van der Waals surface area contributed by atoms with E-state index in [2.05, 4.69) is 30.3 Å². The quantitative estimate of drug-likeness (QED) is 0.741. The lowest BCUT2D eigenvalue weighted by Crippen LogP contribution is -2.29. The first kappa shape index (κ1) is 19.6. The lowest BCUT2D eigenvalue weighted by atomic mass is 9.97. The lowest BCUT2D eigenvalue weighted by Gasteiger charge is -2.23. The summed E-state index contributed by atoms with van der Waals surface area (Å²) >= 11 is 1.68. The third-order valence-electron chi connectivity index (χ3n) is 5.00. The van der Waals surface area contributed by atoms with Gasteiger partial charge in [0.25, 0.3) is 0 Å². The van der Waals surface area contributed by atoms with Crippen molar-refractivity contribution >= 4 is 24.2 Å². The monoisotopic (exact) mass is 399 g/mol. The molecule has 2 aliphatic rings. The molecule has 2 saturated heterocycles. The number of aromatic nitrogens is 6. The standard InChI is InChI=1S/C16H25N7OS.ClH/c1-22-11-18-19-14(22)10-25-16-21-20-15(12-4-6-17-7-5-12)23(16)9-13-3-2-8-24-13;/h11-13,17H,2-10H2,1H3;1H. The molecule has 144 valence electrons. The largest absolute Gasteiger partial charge is 0.376 e. The summed E-state index contributed by atoms with van der Waals surface area (Å²) in [6, 6.07) is 0. The van der Waals surface area contributed by atoms with E-state index in [1.165, 1.54) is 0 Å². The zero-order valence-electron chi connectivity index (χ0n) is 15.0. The molecule has 0 aliphatic carbocycles. The Bertz CT molecular complexity index is 695. The first-order valence-electron chi connectivity index (χ1n) is 9.02.